The Hall–Kier alpha value is -2.79. The fourth-order valence-corrected chi connectivity index (χ4v) is 4.46. The first kappa shape index (κ1) is 20.0. The quantitative estimate of drug-likeness (QED) is 0.551. The molecule has 0 unspecified atom stereocenters. The molecule has 0 N–H and O–H groups in total. The van der Waals surface area contributed by atoms with Crippen molar-refractivity contribution in [3.63, 3.8) is 0 Å². The van der Waals surface area contributed by atoms with E-state index in [4.69, 9.17) is 4.74 Å². The van der Waals surface area contributed by atoms with Gasteiger partial charge in [-0.15, -0.1) is 0 Å². The molecule has 0 spiro atoms. The number of nitrogens with zero attached hydrogens (tertiary/aromatic N) is 1. The van der Waals surface area contributed by atoms with E-state index in [-0.39, 0.29) is 11.4 Å². The summed E-state index contributed by atoms with van der Waals surface area (Å²) < 4.78 is 33.5. The second kappa shape index (κ2) is 8.48. The number of hydrogen-bond acceptors (Lipinski definition) is 3. The second-order valence-electron chi connectivity index (χ2n) is 6.92. The third kappa shape index (κ3) is 4.37. The van der Waals surface area contributed by atoms with Crippen LogP contribution >= 0.6 is 0 Å². The molecule has 0 aliphatic rings. The Morgan fingerprint density at radius 1 is 0.893 bits per heavy atom. The summed E-state index contributed by atoms with van der Waals surface area (Å²) in [6.07, 6.45) is 0. The van der Waals surface area contributed by atoms with E-state index in [1.165, 1.54) is 17.0 Å². The van der Waals surface area contributed by atoms with Gasteiger partial charge in [-0.2, -0.15) is 0 Å². The van der Waals surface area contributed by atoms with Crippen LogP contribution in [0.2, 0.25) is 0 Å². The smallest absolute Gasteiger partial charge is 0.264 e. The van der Waals surface area contributed by atoms with Gasteiger partial charge in [0, 0.05) is 6.07 Å². The van der Waals surface area contributed by atoms with Crippen molar-refractivity contribution in [3.8, 4) is 5.75 Å². The molecule has 0 aliphatic carbocycles. The molecule has 0 heterocycles. The minimum absolute atomic E-state index is 0.203. The summed E-state index contributed by atoms with van der Waals surface area (Å²) in [6.45, 7) is 4.53. The van der Waals surface area contributed by atoms with Crippen molar-refractivity contribution in [3.05, 3.63) is 90.0 Å². The van der Waals surface area contributed by atoms with Crippen LogP contribution in [-0.4, -0.2) is 15.5 Å². The van der Waals surface area contributed by atoms with Crippen molar-refractivity contribution in [2.75, 3.05) is 11.4 Å². The first-order valence-electron chi connectivity index (χ1n) is 9.22. The fourth-order valence-electron chi connectivity index (χ4n) is 2.97. The van der Waals surface area contributed by atoms with E-state index in [0.717, 1.165) is 5.56 Å². The highest BCUT2D eigenvalue weighted by Gasteiger charge is 2.25. The zero-order chi connectivity index (χ0) is 20.1. The van der Waals surface area contributed by atoms with Gasteiger partial charge in [-0.1, -0.05) is 62.4 Å². The normalized spacial score (nSPS) is 11.4. The molecule has 3 aromatic carbocycles. The maximum Gasteiger partial charge on any atom is 0.264 e. The van der Waals surface area contributed by atoms with E-state index < -0.39 is 10.0 Å². The molecule has 28 heavy (non-hydrogen) atoms. The summed E-state index contributed by atoms with van der Waals surface area (Å²) in [5.41, 5.74) is 2.78. The monoisotopic (exact) mass is 395 g/mol. The Morgan fingerprint density at radius 2 is 1.57 bits per heavy atom. The van der Waals surface area contributed by atoms with Gasteiger partial charge < -0.3 is 4.74 Å². The third-order valence-corrected chi connectivity index (χ3v) is 6.42. The number of anilines is 1. The summed E-state index contributed by atoms with van der Waals surface area (Å²) in [5, 5.41) is 0. The molecule has 0 aliphatic heterocycles. The average Bonchev–Trinajstić information content (AvgIpc) is 2.73. The van der Waals surface area contributed by atoms with E-state index >= 15 is 0 Å². The van der Waals surface area contributed by atoms with E-state index in [9.17, 15) is 8.42 Å². The van der Waals surface area contributed by atoms with Crippen molar-refractivity contribution in [1.82, 2.24) is 0 Å². The number of ether oxygens (including phenoxy) is 1. The lowest BCUT2D eigenvalue weighted by molar-refractivity contribution is 0.413. The molecule has 146 valence electrons. The highest BCUT2D eigenvalue weighted by Crippen LogP contribution is 2.28. The summed E-state index contributed by atoms with van der Waals surface area (Å²) in [7, 11) is -2.23. The van der Waals surface area contributed by atoms with Gasteiger partial charge in [0.1, 0.15) is 5.75 Å². The Balaban J connectivity index is 2.02. The van der Waals surface area contributed by atoms with Crippen molar-refractivity contribution in [2.45, 2.75) is 31.2 Å². The molecule has 5 heteroatoms. The van der Waals surface area contributed by atoms with Gasteiger partial charge in [-0.25, -0.2) is 8.42 Å². The molecule has 0 atom stereocenters. The number of methoxy groups -OCH3 is 1. The molecule has 3 aromatic rings. The molecule has 0 amide bonds. The summed E-state index contributed by atoms with van der Waals surface area (Å²) in [4.78, 5) is 0.203. The predicted octanol–water partition coefficient (Wildman–Crippen LogP) is 5.21. The maximum atomic E-state index is 13.5. The molecule has 0 saturated carbocycles. The summed E-state index contributed by atoms with van der Waals surface area (Å²) in [5.74, 6) is 0.940. The van der Waals surface area contributed by atoms with Crippen LogP contribution in [0.25, 0.3) is 0 Å². The zero-order valence-electron chi connectivity index (χ0n) is 16.4. The molecular weight excluding hydrogens is 370 g/mol. The van der Waals surface area contributed by atoms with Crippen molar-refractivity contribution < 1.29 is 13.2 Å². The van der Waals surface area contributed by atoms with Crippen LogP contribution in [0.15, 0.2) is 83.8 Å². The Bertz CT molecular complexity index is 1010. The first-order chi connectivity index (χ1) is 13.4. The van der Waals surface area contributed by atoms with Crippen LogP contribution in [0.4, 0.5) is 5.69 Å². The van der Waals surface area contributed by atoms with Crippen molar-refractivity contribution in [1.29, 1.82) is 0 Å². The van der Waals surface area contributed by atoms with Crippen LogP contribution in [0.3, 0.4) is 0 Å². The number of para-hydroxylation sites is 1. The summed E-state index contributed by atoms with van der Waals surface area (Å²) >= 11 is 0. The first-order valence-corrected chi connectivity index (χ1v) is 10.7. The Kier molecular flexibility index (Phi) is 6.05. The van der Waals surface area contributed by atoms with Gasteiger partial charge in [0.25, 0.3) is 10.0 Å². The molecular formula is C23H25NO3S. The standard InChI is InChI=1S/C23H25NO3S/c1-18(2)20-14-12-19(13-15-20)17-24(21-8-5-4-6-9-21)28(25,26)23-11-7-10-22(16-23)27-3/h4-16,18H,17H2,1-3H3. The molecule has 0 bridgehead atoms. The van der Waals surface area contributed by atoms with E-state index in [1.807, 2.05) is 30.3 Å². The molecule has 0 fully saturated rings. The average molecular weight is 396 g/mol. The topological polar surface area (TPSA) is 46.6 Å². The van der Waals surface area contributed by atoms with Crippen molar-refractivity contribution >= 4 is 15.7 Å². The van der Waals surface area contributed by atoms with Crippen LogP contribution < -0.4 is 9.04 Å². The number of sulfonamides is 1. The third-order valence-electron chi connectivity index (χ3n) is 4.65. The number of benzene rings is 3. The largest absolute Gasteiger partial charge is 0.497 e. The lowest BCUT2D eigenvalue weighted by atomic mass is 10.0. The predicted molar refractivity (Wildman–Crippen MR) is 113 cm³/mol. The van der Waals surface area contributed by atoms with Crippen LogP contribution in [0, 0.1) is 0 Å². The van der Waals surface area contributed by atoms with Crippen LogP contribution in [0.1, 0.15) is 30.9 Å². The minimum Gasteiger partial charge on any atom is -0.497 e. The maximum absolute atomic E-state index is 13.5. The Morgan fingerprint density at radius 3 is 2.18 bits per heavy atom. The van der Waals surface area contributed by atoms with Gasteiger partial charge in [-0.3, -0.25) is 4.31 Å². The van der Waals surface area contributed by atoms with Gasteiger partial charge in [0.2, 0.25) is 0 Å². The highest BCUT2D eigenvalue weighted by molar-refractivity contribution is 7.92. The SMILES string of the molecule is COc1cccc(S(=O)(=O)N(Cc2ccc(C(C)C)cc2)c2ccccc2)c1. The molecule has 4 nitrogen and oxygen atoms in total. The van der Waals surface area contributed by atoms with Gasteiger partial charge in [-0.05, 0) is 41.3 Å². The molecule has 0 aromatic heterocycles. The lowest BCUT2D eigenvalue weighted by Gasteiger charge is -2.25. The molecule has 3 rings (SSSR count). The van der Waals surface area contributed by atoms with Gasteiger partial charge in [0.15, 0.2) is 0 Å². The number of hydrogen-bond donors (Lipinski definition) is 0. The van der Waals surface area contributed by atoms with E-state index in [2.05, 4.69) is 26.0 Å². The fraction of sp³-hybridized carbons (Fsp3) is 0.217. The second-order valence-corrected chi connectivity index (χ2v) is 8.78. The van der Waals surface area contributed by atoms with E-state index in [1.54, 1.807) is 36.4 Å². The van der Waals surface area contributed by atoms with Crippen LogP contribution in [0.5, 0.6) is 5.75 Å². The van der Waals surface area contributed by atoms with Crippen molar-refractivity contribution in [2.24, 2.45) is 0 Å². The molecule has 0 radical (unpaired) electrons. The van der Waals surface area contributed by atoms with Gasteiger partial charge in [0.05, 0.1) is 24.2 Å². The Labute approximate surface area is 167 Å². The minimum atomic E-state index is -3.76. The summed E-state index contributed by atoms with van der Waals surface area (Å²) in [6, 6.07) is 23.8. The van der Waals surface area contributed by atoms with Crippen LogP contribution in [-0.2, 0) is 16.6 Å². The zero-order valence-corrected chi connectivity index (χ0v) is 17.2. The van der Waals surface area contributed by atoms with E-state index in [0.29, 0.717) is 17.4 Å². The lowest BCUT2D eigenvalue weighted by Crippen LogP contribution is -2.30. The number of rotatable bonds is 7. The highest BCUT2D eigenvalue weighted by atomic mass is 32.2. The molecule has 0 saturated heterocycles. The van der Waals surface area contributed by atoms with Gasteiger partial charge >= 0.3 is 0 Å².